The number of carbonyl (C=O) groups excluding carboxylic acids is 2. The van der Waals surface area contributed by atoms with Gasteiger partial charge < -0.3 is 10.2 Å². The zero-order chi connectivity index (χ0) is 34.4. The molecule has 0 heterocycles. The molecule has 0 bridgehead atoms. The van der Waals surface area contributed by atoms with Crippen molar-refractivity contribution in [3.05, 3.63) is 129 Å². The van der Waals surface area contributed by atoms with Crippen molar-refractivity contribution in [3.8, 4) is 0 Å². The van der Waals surface area contributed by atoms with Gasteiger partial charge in [-0.3, -0.25) is 13.9 Å². The van der Waals surface area contributed by atoms with E-state index in [1.165, 1.54) is 4.90 Å². The first-order chi connectivity index (χ1) is 22.9. The monoisotopic (exact) mass is 705 g/mol. The molecule has 10 heteroatoms. The van der Waals surface area contributed by atoms with Crippen LogP contribution in [-0.2, 0) is 32.6 Å². The molecule has 0 aliphatic heterocycles. The molecule has 1 aliphatic rings. The molecule has 48 heavy (non-hydrogen) atoms. The zero-order valence-electron chi connectivity index (χ0n) is 27.5. The number of rotatable bonds is 12. The largest absolute Gasteiger partial charge is 0.352 e. The summed E-state index contributed by atoms with van der Waals surface area (Å²) in [5.41, 5.74) is 4.14. The fraction of sp³-hybridized carbons (Fsp3) is 0.316. The number of nitrogens with zero attached hydrogens (tertiary/aromatic N) is 2. The molecule has 7 nitrogen and oxygen atoms in total. The van der Waals surface area contributed by atoms with E-state index in [9.17, 15) is 18.0 Å². The Morgan fingerprint density at radius 2 is 1.46 bits per heavy atom. The first-order valence-corrected chi connectivity index (χ1v) is 18.4. The summed E-state index contributed by atoms with van der Waals surface area (Å²) < 4.78 is 29.9. The van der Waals surface area contributed by atoms with Crippen molar-refractivity contribution in [2.24, 2.45) is 0 Å². The topological polar surface area (TPSA) is 86.8 Å². The molecule has 1 atom stereocenters. The molecule has 1 N–H and O–H groups in total. The minimum Gasteiger partial charge on any atom is -0.352 e. The molecule has 0 radical (unpaired) electrons. The van der Waals surface area contributed by atoms with Gasteiger partial charge in [-0.05, 0) is 80.6 Å². The Kier molecular flexibility index (Phi) is 11.5. The number of halogens is 2. The lowest BCUT2D eigenvalue weighted by Gasteiger charge is -2.35. The van der Waals surface area contributed by atoms with Crippen LogP contribution in [0.4, 0.5) is 5.69 Å². The number of carbonyl (C=O) groups is 2. The lowest BCUT2D eigenvalue weighted by molar-refractivity contribution is -0.140. The van der Waals surface area contributed by atoms with Crippen molar-refractivity contribution in [2.75, 3.05) is 10.8 Å². The minimum absolute atomic E-state index is 0.00461. The predicted molar refractivity (Wildman–Crippen MR) is 193 cm³/mol. The van der Waals surface area contributed by atoms with Crippen LogP contribution < -0.4 is 9.62 Å². The van der Waals surface area contributed by atoms with E-state index in [2.05, 4.69) is 5.32 Å². The van der Waals surface area contributed by atoms with Gasteiger partial charge in [-0.1, -0.05) is 102 Å². The van der Waals surface area contributed by atoms with Crippen LogP contribution in [0, 0.1) is 20.8 Å². The average molecular weight is 707 g/mol. The van der Waals surface area contributed by atoms with Gasteiger partial charge in [0.25, 0.3) is 10.0 Å². The highest BCUT2D eigenvalue weighted by Crippen LogP contribution is 2.31. The van der Waals surface area contributed by atoms with Crippen LogP contribution in [0.5, 0.6) is 0 Å². The molecule has 1 aliphatic carbocycles. The van der Waals surface area contributed by atoms with E-state index in [-0.39, 0.29) is 29.8 Å². The molecule has 4 aromatic carbocycles. The second-order valence-electron chi connectivity index (χ2n) is 12.5. The van der Waals surface area contributed by atoms with E-state index in [1.807, 2.05) is 63.2 Å². The molecular weight excluding hydrogens is 665 g/mol. The predicted octanol–water partition coefficient (Wildman–Crippen LogP) is 7.81. The number of benzene rings is 4. The molecule has 1 fully saturated rings. The van der Waals surface area contributed by atoms with Crippen molar-refractivity contribution in [2.45, 2.75) is 76.4 Å². The Bertz CT molecular complexity index is 1840. The highest BCUT2D eigenvalue weighted by molar-refractivity contribution is 7.92. The number of hydrogen-bond donors (Lipinski definition) is 1. The summed E-state index contributed by atoms with van der Waals surface area (Å²) >= 11 is 13.3. The molecule has 252 valence electrons. The third kappa shape index (κ3) is 8.41. The molecule has 0 spiro atoms. The van der Waals surface area contributed by atoms with Crippen LogP contribution in [0.2, 0.25) is 10.0 Å². The first-order valence-electron chi connectivity index (χ1n) is 16.2. The maximum atomic E-state index is 14.8. The second-order valence-corrected chi connectivity index (χ2v) is 15.2. The number of amides is 2. The van der Waals surface area contributed by atoms with Gasteiger partial charge in [0.2, 0.25) is 11.8 Å². The van der Waals surface area contributed by atoms with Gasteiger partial charge in [0.15, 0.2) is 0 Å². The third-order valence-corrected chi connectivity index (χ3v) is 11.4. The van der Waals surface area contributed by atoms with E-state index in [4.69, 9.17) is 23.2 Å². The van der Waals surface area contributed by atoms with Gasteiger partial charge >= 0.3 is 0 Å². The summed E-state index contributed by atoms with van der Waals surface area (Å²) in [6, 6.07) is 25.6. The van der Waals surface area contributed by atoms with Crippen molar-refractivity contribution in [3.63, 3.8) is 0 Å². The van der Waals surface area contributed by atoms with Gasteiger partial charge in [0, 0.05) is 34.6 Å². The molecule has 4 aromatic rings. The van der Waals surface area contributed by atoms with E-state index in [1.54, 1.807) is 48.5 Å². The molecule has 0 unspecified atom stereocenters. The Labute approximate surface area is 293 Å². The number of aryl methyl sites for hydroxylation is 3. The Morgan fingerprint density at radius 3 is 2.10 bits per heavy atom. The quantitative estimate of drug-likeness (QED) is 0.163. The normalized spacial score (nSPS) is 14.0. The van der Waals surface area contributed by atoms with Crippen LogP contribution in [-0.4, -0.2) is 43.8 Å². The summed E-state index contributed by atoms with van der Waals surface area (Å²) in [7, 11) is -4.22. The molecular formula is C38H41Cl2N3O4S. The number of hydrogen-bond acceptors (Lipinski definition) is 4. The number of sulfonamides is 1. The minimum atomic E-state index is -4.22. The highest BCUT2D eigenvalue weighted by atomic mass is 35.5. The summed E-state index contributed by atoms with van der Waals surface area (Å²) in [5, 5.41) is 3.86. The van der Waals surface area contributed by atoms with Crippen LogP contribution in [0.25, 0.3) is 0 Å². The third-order valence-electron chi connectivity index (χ3n) is 8.88. The molecule has 5 rings (SSSR count). The summed E-state index contributed by atoms with van der Waals surface area (Å²) in [6.07, 6.45) is 3.98. The fourth-order valence-electron chi connectivity index (χ4n) is 6.11. The molecule has 2 amide bonds. The van der Waals surface area contributed by atoms with Crippen molar-refractivity contribution in [1.82, 2.24) is 10.2 Å². The van der Waals surface area contributed by atoms with Crippen LogP contribution in [0.3, 0.4) is 0 Å². The van der Waals surface area contributed by atoms with E-state index in [0.717, 1.165) is 46.7 Å². The maximum Gasteiger partial charge on any atom is 0.264 e. The zero-order valence-corrected chi connectivity index (χ0v) is 29.8. The smallest absolute Gasteiger partial charge is 0.264 e. The summed E-state index contributed by atoms with van der Waals surface area (Å²) in [4.78, 5) is 30.5. The molecule has 0 aromatic heterocycles. The lowest BCUT2D eigenvalue weighted by atomic mass is 10.0. The SMILES string of the molecule is Cc1ccc(S(=O)(=O)N(CC(=O)N(Cc2c(Cl)cccc2Cl)[C@H](Cc2ccccc2)C(=O)NC2CCCC2)c2cc(C)ccc2C)cc1. The van der Waals surface area contributed by atoms with Gasteiger partial charge in [0.1, 0.15) is 12.6 Å². The van der Waals surface area contributed by atoms with Gasteiger partial charge in [-0.15, -0.1) is 0 Å². The number of nitrogens with one attached hydrogen (secondary N) is 1. The number of anilines is 1. The van der Waals surface area contributed by atoms with Crippen LogP contribution in [0.1, 0.15) is 53.5 Å². The van der Waals surface area contributed by atoms with E-state index in [0.29, 0.717) is 26.9 Å². The highest BCUT2D eigenvalue weighted by Gasteiger charge is 2.36. The van der Waals surface area contributed by atoms with Gasteiger partial charge in [-0.2, -0.15) is 0 Å². The standard InChI is InChI=1S/C38H41Cl2N3O4S/c1-26-17-20-31(21-18-26)48(46,47)43(35-22-27(2)16-19-28(35)3)25-37(44)42(24-32-33(39)14-9-15-34(32)40)36(23-29-10-5-4-6-11-29)38(45)41-30-12-7-8-13-30/h4-6,9-11,14-22,30,36H,7-8,12-13,23-25H2,1-3H3,(H,41,45)/t36-/m1/s1. The van der Waals surface area contributed by atoms with E-state index < -0.39 is 28.5 Å². The van der Waals surface area contributed by atoms with Crippen molar-refractivity contribution < 1.29 is 18.0 Å². The van der Waals surface area contributed by atoms with Gasteiger partial charge in [0.05, 0.1) is 10.6 Å². The molecule has 0 saturated heterocycles. The van der Waals surface area contributed by atoms with Crippen LogP contribution >= 0.6 is 23.2 Å². The first kappa shape index (κ1) is 35.5. The maximum absolute atomic E-state index is 14.8. The Balaban J connectivity index is 1.62. The summed E-state index contributed by atoms with van der Waals surface area (Å²) in [5.74, 6) is -0.868. The Hall–Kier alpha value is -3.85. The van der Waals surface area contributed by atoms with Crippen molar-refractivity contribution >= 4 is 50.7 Å². The van der Waals surface area contributed by atoms with Crippen molar-refractivity contribution in [1.29, 1.82) is 0 Å². The second kappa shape index (κ2) is 15.6. The van der Waals surface area contributed by atoms with Gasteiger partial charge in [-0.25, -0.2) is 8.42 Å². The van der Waals surface area contributed by atoms with E-state index >= 15 is 0 Å². The summed E-state index contributed by atoms with van der Waals surface area (Å²) in [6.45, 7) is 4.91. The van der Waals surface area contributed by atoms with Crippen LogP contribution in [0.15, 0.2) is 95.9 Å². The molecule has 1 saturated carbocycles. The average Bonchev–Trinajstić information content (AvgIpc) is 3.57. The fourth-order valence-corrected chi connectivity index (χ4v) is 8.10. The lowest BCUT2D eigenvalue weighted by Crippen LogP contribution is -2.54. The Morgan fingerprint density at radius 1 is 0.833 bits per heavy atom.